The first-order chi connectivity index (χ1) is 12.6. The van der Waals surface area contributed by atoms with Crippen molar-refractivity contribution in [3.05, 3.63) is 66.0 Å². The second-order valence-corrected chi connectivity index (χ2v) is 5.47. The second-order valence-electron chi connectivity index (χ2n) is 5.47. The van der Waals surface area contributed by atoms with E-state index in [9.17, 15) is 9.90 Å². The van der Waals surface area contributed by atoms with Crippen molar-refractivity contribution < 1.29 is 19.4 Å². The highest BCUT2D eigenvalue weighted by Crippen LogP contribution is 2.29. The van der Waals surface area contributed by atoms with Gasteiger partial charge in [0, 0.05) is 0 Å². The lowest BCUT2D eigenvalue weighted by Crippen LogP contribution is -1.96. The molecule has 6 heteroatoms. The van der Waals surface area contributed by atoms with Crippen molar-refractivity contribution in [3.8, 4) is 11.5 Å². The molecule has 0 aliphatic carbocycles. The molecule has 0 fully saturated rings. The number of hydrogen-bond acceptors (Lipinski definition) is 4. The number of hydrogen-bond donors (Lipinski definition) is 2. The van der Waals surface area contributed by atoms with Crippen molar-refractivity contribution in [1.82, 2.24) is 9.97 Å². The van der Waals surface area contributed by atoms with E-state index in [-0.39, 0.29) is 5.56 Å². The summed E-state index contributed by atoms with van der Waals surface area (Å²) in [5, 5.41) is 9.25. The molecule has 0 saturated heterocycles. The average Bonchev–Trinajstić information content (AvgIpc) is 3.07. The molecule has 0 unspecified atom stereocenters. The number of ether oxygens (including phenoxy) is 2. The molecule has 0 bridgehead atoms. The molecule has 0 atom stereocenters. The van der Waals surface area contributed by atoms with E-state index in [2.05, 4.69) is 16.5 Å². The third-order valence-electron chi connectivity index (χ3n) is 3.74. The monoisotopic (exact) mass is 350 g/mol. The van der Waals surface area contributed by atoms with Crippen LogP contribution in [-0.4, -0.2) is 34.8 Å². The van der Waals surface area contributed by atoms with Gasteiger partial charge in [0.2, 0.25) is 0 Å². The normalized spacial score (nSPS) is 11.0. The van der Waals surface area contributed by atoms with E-state index in [4.69, 9.17) is 9.47 Å². The lowest BCUT2D eigenvalue weighted by molar-refractivity contribution is 0.0699. The Labute approximate surface area is 150 Å². The molecule has 1 heterocycles. The number of fused-ring (bicyclic) bond motifs is 1. The van der Waals surface area contributed by atoms with Gasteiger partial charge >= 0.3 is 5.97 Å². The second kappa shape index (κ2) is 7.57. The molecule has 2 aromatic carbocycles. The summed E-state index contributed by atoms with van der Waals surface area (Å²) >= 11 is 0. The molecule has 0 radical (unpaired) electrons. The molecule has 3 aromatic rings. The number of aromatic amines is 1. The minimum atomic E-state index is -0.991. The number of imidazole rings is 1. The van der Waals surface area contributed by atoms with Crippen LogP contribution in [0, 0.1) is 0 Å². The summed E-state index contributed by atoms with van der Waals surface area (Å²) in [6, 6.07) is 10.5. The van der Waals surface area contributed by atoms with Gasteiger partial charge in [0.15, 0.2) is 11.5 Å². The predicted molar refractivity (Wildman–Crippen MR) is 101 cm³/mol. The number of benzene rings is 2. The van der Waals surface area contributed by atoms with Crippen molar-refractivity contribution in [2.75, 3.05) is 13.7 Å². The maximum absolute atomic E-state index is 11.3. The lowest BCUT2D eigenvalue weighted by atomic mass is 10.2. The summed E-state index contributed by atoms with van der Waals surface area (Å²) in [6.07, 6.45) is 5.31. The molecule has 1 aromatic heterocycles. The molecular formula is C20H18N2O4. The zero-order chi connectivity index (χ0) is 18.5. The smallest absolute Gasteiger partial charge is 0.337 e. The SMILES string of the molecule is C=CCOc1ccc(C=Cc2nc3cccc(C(=O)O)c3[nH]2)cc1OC. The minimum Gasteiger partial charge on any atom is -0.493 e. The predicted octanol–water partition coefficient (Wildman–Crippen LogP) is 4.00. The molecular weight excluding hydrogens is 332 g/mol. The number of carboxylic acids is 1. The Morgan fingerprint density at radius 2 is 2.12 bits per heavy atom. The Morgan fingerprint density at radius 3 is 2.85 bits per heavy atom. The van der Waals surface area contributed by atoms with Gasteiger partial charge in [-0.25, -0.2) is 9.78 Å². The molecule has 3 rings (SSSR count). The van der Waals surface area contributed by atoms with Gasteiger partial charge in [-0.1, -0.05) is 30.9 Å². The molecule has 0 aliphatic heterocycles. The number of aromatic carboxylic acids is 1. The summed E-state index contributed by atoms with van der Waals surface area (Å²) in [6.45, 7) is 4.02. The van der Waals surface area contributed by atoms with Crippen LogP contribution in [0.3, 0.4) is 0 Å². The highest BCUT2D eigenvalue weighted by atomic mass is 16.5. The van der Waals surface area contributed by atoms with Crippen LogP contribution in [0.1, 0.15) is 21.7 Å². The number of carbonyl (C=O) groups is 1. The van der Waals surface area contributed by atoms with E-state index in [1.165, 1.54) is 0 Å². The Bertz CT molecular complexity index is 989. The third kappa shape index (κ3) is 3.59. The Balaban J connectivity index is 1.88. The van der Waals surface area contributed by atoms with Gasteiger partial charge < -0.3 is 19.6 Å². The summed E-state index contributed by atoms with van der Waals surface area (Å²) in [4.78, 5) is 18.7. The van der Waals surface area contributed by atoms with Crippen LogP contribution in [-0.2, 0) is 0 Å². The molecule has 0 amide bonds. The molecule has 2 N–H and O–H groups in total. The summed E-state index contributed by atoms with van der Waals surface area (Å²) in [7, 11) is 1.58. The fraction of sp³-hybridized carbons (Fsp3) is 0.100. The molecule has 6 nitrogen and oxygen atoms in total. The van der Waals surface area contributed by atoms with Crippen LogP contribution in [0.25, 0.3) is 23.2 Å². The van der Waals surface area contributed by atoms with E-state index < -0.39 is 5.97 Å². The van der Waals surface area contributed by atoms with Gasteiger partial charge in [-0.3, -0.25) is 0 Å². The summed E-state index contributed by atoms with van der Waals surface area (Å²) < 4.78 is 10.9. The van der Waals surface area contributed by atoms with E-state index in [1.807, 2.05) is 24.3 Å². The van der Waals surface area contributed by atoms with Crippen LogP contribution in [0.15, 0.2) is 49.1 Å². The standard InChI is InChI=1S/C20H18N2O4/c1-3-11-26-16-9-7-13(12-17(16)25-2)8-10-18-21-15-6-4-5-14(20(23)24)19(15)22-18/h3-10,12H,1,11H2,2H3,(H,21,22)(H,23,24). The van der Waals surface area contributed by atoms with Crippen LogP contribution in [0.5, 0.6) is 11.5 Å². The van der Waals surface area contributed by atoms with Crippen LogP contribution >= 0.6 is 0 Å². The molecule has 26 heavy (non-hydrogen) atoms. The zero-order valence-corrected chi connectivity index (χ0v) is 14.2. The van der Waals surface area contributed by atoms with Gasteiger partial charge in [-0.2, -0.15) is 0 Å². The Kier molecular flexibility index (Phi) is 5.03. The van der Waals surface area contributed by atoms with Gasteiger partial charge in [0.1, 0.15) is 12.4 Å². The highest BCUT2D eigenvalue weighted by Gasteiger charge is 2.11. The van der Waals surface area contributed by atoms with E-state index in [0.717, 1.165) is 5.56 Å². The minimum absolute atomic E-state index is 0.194. The number of carboxylic acid groups (broad SMARTS) is 1. The first-order valence-electron chi connectivity index (χ1n) is 7.94. The first-order valence-corrected chi connectivity index (χ1v) is 7.94. The van der Waals surface area contributed by atoms with Crippen molar-refractivity contribution >= 4 is 29.2 Å². The summed E-state index contributed by atoms with van der Waals surface area (Å²) in [5.74, 6) is 0.834. The van der Waals surface area contributed by atoms with Crippen molar-refractivity contribution in [3.63, 3.8) is 0 Å². The number of rotatable bonds is 7. The Hall–Kier alpha value is -3.54. The largest absolute Gasteiger partial charge is 0.493 e. The molecule has 0 aliphatic rings. The molecule has 0 saturated carbocycles. The summed E-state index contributed by atoms with van der Waals surface area (Å²) in [5.41, 5.74) is 2.20. The number of nitrogens with one attached hydrogen (secondary N) is 1. The van der Waals surface area contributed by atoms with Crippen molar-refractivity contribution in [1.29, 1.82) is 0 Å². The van der Waals surface area contributed by atoms with Gasteiger partial charge in [-0.05, 0) is 35.9 Å². The van der Waals surface area contributed by atoms with Gasteiger partial charge in [0.25, 0.3) is 0 Å². The van der Waals surface area contributed by atoms with Gasteiger partial charge in [0.05, 0.1) is 23.7 Å². The number of nitrogens with zero attached hydrogens (tertiary/aromatic N) is 1. The fourth-order valence-electron chi connectivity index (χ4n) is 2.54. The first kappa shape index (κ1) is 17.3. The maximum atomic E-state index is 11.3. The number of aromatic nitrogens is 2. The van der Waals surface area contributed by atoms with Crippen molar-refractivity contribution in [2.24, 2.45) is 0 Å². The highest BCUT2D eigenvalue weighted by molar-refractivity contribution is 6.01. The molecule has 0 spiro atoms. The van der Waals surface area contributed by atoms with E-state index in [0.29, 0.717) is 35.0 Å². The van der Waals surface area contributed by atoms with Crippen LogP contribution in [0.2, 0.25) is 0 Å². The van der Waals surface area contributed by atoms with Crippen LogP contribution in [0.4, 0.5) is 0 Å². The molecule has 132 valence electrons. The fourth-order valence-corrected chi connectivity index (χ4v) is 2.54. The third-order valence-corrected chi connectivity index (χ3v) is 3.74. The van der Waals surface area contributed by atoms with E-state index in [1.54, 1.807) is 37.5 Å². The maximum Gasteiger partial charge on any atom is 0.337 e. The van der Waals surface area contributed by atoms with Crippen LogP contribution < -0.4 is 9.47 Å². The van der Waals surface area contributed by atoms with E-state index >= 15 is 0 Å². The Morgan fingerprint density at radius 1 is 1.27 bits per heavy atom. The lowest BCUT2D eigenvalue weighted by Gasteiger charge is -2.09. The van der Waals surface area contributed by atoms with Crippen molar-refractivity contribution in [2.45, 2.75) is 0 Å². The van der Waals surface area contributed by atoms with Gasteiger partial charge in [-0.15, -0.1) is 0 Å². The topological polar surface area (TPSA) is 84.4 Å². The average molecular weight is 350 g/mol. The number of H-pyrrole nitrogens is 1. The quantitative estimate of drug-likeness (QED) is 0.629. The zero-order valence-electron chi connectivity index (χ0n) is 14.2. The number of methoxy groups -OCH3 is 1. The number of para-hydroxylation sites is 1.